The van der Waals surface area contributed by atoms with E-state index in [1.165, 1.54) is 26.1 Å². The van der Waals surface area contributed by atoms with Gasteiger partial charge < -0.3 is 15.4 Å². The van der Waals surface area contributed by atoms with Crippen molar-refractivity contribution in [1.82, 2.24) is 15.5 Å². The van der Waals surface area contributed by atoms with E-state index in [0.29, 0.717) is 0 Å². The van der Waals surface area contributed by atoms with E-state index in [2.05, 4.69) is 15.5 Å². The molecule has 88 valence electrons. The Labute approximate surface area is 92.4 Å². The van der Waals surface area contributed by atoms with Crippen LogP contribution in [0.25, 0.3) is 0 Å². The number of piperazine rings is 1. The molecule has 1 unspecified atom stereocenters. The molecule has 2 aliphatic rings. The molecule has 0 aromatic heterocycles. The van der Waals surface area contributed by atoms with E-state index >= 15 is 0 Å². The van der Waals surface area contributed by atoms with E-state index in [1.54, 1.807) is 0 Å². The average molecular weight is 213 g/mol. The molecule has 4 heteroatoms. The largest absolute Gasteiger partial charge is 0.381 e. The SMILES string of the molecule is C1CN(CCNCC2CCOC2)CCN1. The van der Waals surface area contributed by atoms with Crippen LogP contribution in [0.3, 0.4) is 0 Å². The maximum Gasteiger partial charge on any atom is 0.0507 e. The van der Waals surface area contributed by atoms with Crippen molar-refractivity contribution in [3.63, 3.8) is 0 Å². The molecule has 0 aromatic carbocycles. The van der Waals surface area contributed by atoms with Crippen LogP contribution in [-0.2, 0) is 4.74 Å². The zero-order valence-electron chi connectivity index (χ0n) is 9.50. The van der Waals surface area contributed by atoms with E-state index in [1.807, 2.05) is 0 Å². The minimum absolute atomic E-state index is 0.757. The number of hydrogen-bond donors (Lipinski definition) is 2. The molecule has 0 aliphatic carbocycles. The Morgan fingerprint density at radius 2 is 2.20 bits per heavy atom. The van der Waals surface area contributed by atoms with Gasteiger partial charge in [0, 0.05) is 52.4 Å². The van der Waals surface area contributed by atoms with Gasteiger partial charge in [-0.25, -0.2) is 0 Å². The molecule has 0 spiro atoms. The van der Waals surface area contributed by atoms with Crippen molar-refractivity contribution >= 4 is 0 Å². The van der Waals surface area contributed by atoms with Crippen LogP contribution in [0.1, 0.15) is 6.42 Å². The van der Waals surface area contributed by atoms with Crippen LogP contribution < -0.4 is 10.6 Å². The summed E-state index contributed by atoms with van der Waals surface area (Å²) >= 11 is 0. The fourth-order valence-electron chi connectivity index (χ4n) is 2.22. The maximum atomic E-state index is 5.35. The van der Waals surface area contributed by atoms with Crippen LogP contribution in [0.15, 0.2) is 0 Å². The summed E-state index contributed by atoms with van der Waals surface area (Å²) in [5.41, 5.74) is 0. The summed E-state index contributed by atoms with van der Waals surface area (Å²) in [6, 6.07) is 0. The molecule has 0 saturated carbocycles. The summed E-state index contributed by atoms with van der Waals surface area (Å²) < 4.78 is 5.35. The lowest BCUT2D eigenvalue weighted by Gasteiger charge is -2.27. The van der Waals surface area contributed by atoms with Gasteiger partial charge in [-0.1, -0.05) is 0 Å². The van der Waals surface area contributed by atoms with Crippen LogP contribution in [0.5, 0.6) is 0 Å². The highest BCUT2D eigenvalue weighted by Crippen LogP contribution is 2.10. The summed E-state index contributed by atoms with van der Waals surface area (Å²) in [4.78, 5) is 2.52. The number of hydrogen-bond acceptors (Lipinski definition) is 4. The molecule has 0 bridgehead atoms. The standard InChI is InChI=1S/C11H23N3O/c1-8-15-10-11(1)9-13-4-7-14-5-2-12-3-6-14/h11-13H,1-10H2. The first kappa shape index (κ1) is 11.3. The molecule has 1 atom stereocenters. The topological polar surface area (TPSA) is 36.5 Å². The molecule has 4 nitrogen and oxygen atoms in total. The second-order valence-corrected chi connectivity index (χ2v) is 4.53. The zero-order chi connectivity index (χ0) is 10.3. The number of nitrogens with zero attached hydrogens (tertiary/aromatic N) is 1. The monoisotopic (exact) mass is 213 g/mol. The molecule has 0 aromatic rings. The third kappa shape index (κ3) is 4.07. The smallest absolute Gasteiger partial charge is 0.0507 e. The molecule has 2 fully saturated rings. The first-order chi connectivity index (χ1) is 7.45. The Balaban J connectivity index is 1.47. The van der Waals surface area contributed by atoms with Crippen LogP contribution in [0.4, 0.5) is 0 Å². The van der Waals surface area contributed by atoms with Crippen molar-refractivity contribution in [1.29, 1.82) is 0 Å². The van der Waals surface area contributed by atoms with Crippen LogP contribution in [-0.4, -0.2) is 63.9 Å². The van der Waals surface area contributed by atoms with Crippen molar-refractivity contribution in [3.05, 3.63) is 0 Å². The molecule has 2 saturated heterocycles. The Hall–Kier alpha value is -0.160. The summed E-state index contributed by atoms with van der Waals surface area (Å²) in [7, 11) is 0. The molecular formula is C11H23N3O. The van der Waals surface area contributed by atoms with Gasteiger partial charge in [-0.05, 0) is 12.3 Å². The van der Waals surface area contributed by atoms with Crippen molar-refractivity contribution < 1.29 is 4.74 Å². The zero-order valence-corrected chi connectivity index (χ0v) is 9.50. The van der Waals surface area contributed by atoms with Crippen LogP contribution in [0, 0.1) is 5.92 Å². The third-order valence-corrected chi connectivity index (χ3v) is 3.27. The van der Waals surface area contributed by atoms with Crippen molar-refractivity contribution in [2.45, 2.75) is 6.42 Å². The van der Waals surface area contributed by atoms with E-state index < -0.39 is 0 Å². The predicted molar refractivity (Wildman–Crippen MR) is 61.1 cm³/mol. The Morgan fingerprint density at radius 3 is 2.93 bits per heavy atom. The molecule has 15 heavy (non-hydrogen) atoms. The average Bonchev–Trinajstić information content (AvgIpc) is 2.79. The van der Waals surface area contributed by atoms with Crippen molar-refractivity contribution in [3.8, 4) is 0 Å². The molecule has 0 radical (unpaired) electrons. The van der Waals surface area contributed by atoms with Gasteiger partial charge >= 0.3 is 0 Å². The highest BCUT2D eigenvalue weighted by atomic mass is 16.5. The summed E-state index contributed by atoms with van der Waals surface area (Å²) in [5, 5.41) is 6.90. The van der Waals surface area contributed by atoms with E-state index in [-0.39, 0.29) is 0 Å². The fourth-order valence-corrected chi connectivity index (χ4v) is 2.22. The van der Waals surface area contributed by atoms with E-state index in [0.717, 1.165) is 45.3 Å². The second kappa shape index (κ2) is 6.43. The predicted octanol–water partition coefficient (Wildman–Crippen LogP) is -0.482. The van der Waals surface area contributed by atoms with Crippen LogP contribution >= 0.6 is 0 Å². The first-order valence-corrected chi connectivity index (χ1v) is 6.16. The summed E-state index contributed by atoms with van der Waals surface area (Å²) in [6.07, 6.45) is 1.24. The number of rotatable bonds is 5. The molecule has 2 aliphatic heterocycles. The molecule has 2 N–H and O–H groups in total. The number of ether oxygens (including phenoxy) is 1. The minimum Gasteiger partial charge on any atom is -0.381 e. The van der Waals surface area contributed by atoms with Gasteiger partial charge in [-0.3, -0.25) is 4.90 Å². The van der Waals surface area contributed by atoms with E-state index in [9.17, 15) is 0 Å². The van der Waals surface area contributed by atoms with Gasteiger partial charge in [-0.15, -0.1) is 0 Å². The Bertz CT molecular complexity index is 165. The van der Waals surface area contributed by atoms with Crippen LogP contribution in [0.2, 0.25) is 0 Å². The first-order valence-electron chi connectivity index (χ1n) is 6.16. The highest BCUT2D eigenvalue weighted by molar-refractivity contribution is 4.70. The second-order valence-electron chi connectivity index (χ2n) is 4.53. The lowest BCUT2D eigenvalue weighted by atomic mass is 10.1. The Morgan fingerprint density at radius 1 is 1.33 bits per heavy atom. The van der Waals surface area contributed by atoms with E-state index in [4.69, 9.17) is 4.74 Å². The summed E-state index contributed by atoms with van der Waals surface area (Å²) in [5.74, 6) is 0.757. The minimum atomic E-state index is 0.757. The van der Waals surface area contributed by atoms with Gasteiger partial charge in [0.05, 0.1) is 6.61 Å². The fraction of sp³-hybridized carbons (Fsp3) is 1.00. The van der Waals surface area contributed by atoms with Gasteiger partial charge in [0.25, 0.3) is 0 Å². The number of nitrogens with one attached hydrogen (secondary N) is 2. The van der Waals surface area contributed by atoms with Gasteiger partial charge in [0.2, 0.25) is 0 Å². The van der Waals surface area contributed by atoms with Gasteiger partial charge in [-0.2, -0.15) is 0 Å². The molecule has 2 rings (SSSR count). The molecular weight excluding hydrogens is 190 g/mol. The van der Waals surface area contributed by atoms with Gasteiger partial charge in [0.1, 0.15) is 0 Å². The van der Waals surface area contributed by atoms with Crippen molar-refractivity contribution in [2.24, 2.45) is 5.92 Å². The normalized spacial score (nSPS) is 28.4. The molecule has 2 heterocycles. The quantitative estimate of drug-likeness (QED) is 0.605. The highest BCUT2D eigenvalue weighted by Gasteiger charge is 2.15. The lowest BCUT2D eigenvalue weighted by Crippen LogP contribution is -2.46. The van der Waals surface area contributed by atoms with Crippen molar-refractivity contribution in [2.75, 3.05) is 59.0 Å². The summed E-state index contributed by atoms with van der Waals surface area (Å²) in [6.45, 7) is 10.1. The molecule has 0 amide bonds. The maximum absolute atomic E-state index is 5.35. The van der Waals surface area contributed by atoms with Gasteiger partial charge in [0.15, 0.2) is 0 Å². The Kier molecular flexibility index (Phi) is 4.86. The lowest BCUT2D eigenvalue weighted by molar-refractivity contribution is 0.184. The third-order valence-electron chi connectivity index (χ3n) is 3.27.